The number of nitrogens with zero attached hydrogens (tertiary/aromatic N) is 2. The molecule has 0 saturated heterocycles. The van der Waals surface area contributed by atoms with Gasteiger partial charge in [-0.15, -0.1) is 10.2 Å². The first-order chi connectivity index (χ1) is 17.9. The molecule has 0 radical (unpaired) electrons. The summed E-state index contributed by atoms with van der Waals surface area (Å²) in [6.07, 6.45) is 12.1. The third kappa shape index (κ3) is 8.91. The van der Waals surface area contributed by atoms with Crippen molar-refractivity contribution in [2.75, 3.05) is 7.11 Å². The fourth-order valence-electron chi connectivity index (χ4n) is 4.11. The summed E-state index contributed by atoms with van der Waals surface area (Å²) in [5, 5.41) is 12.1. The molecule has 6 N–H and O–H groups in total. The third-order valence-electron chi connectivity index (χ3n) is 5.83. The van der Waals surface area contributed by atoms with Crippen LogP contribution in [0.2, 0.25) is 0 Å². The molecule has 0 heterocycles. The second-order valence-corrected chi connectivity index (χ2v) is 9.38. The van der Waals surface area contributed by atoms with Crippen molar-refractivity contribution in [1.29, 1.82) is 0 Å². The van der Waals surface area contributed by atoms with Crippen LogP contribution >= 0.6 is 15.9 Å². The lowest BCUT2D eigenvalue weighted by Gasteiger charge is -2.23. The number of halogens is 1. The molecule has 0 atom stereocenters. The minimum absolute atomic E-state index is 0.262. The minimum Gasteiger partial charge on any atom is -0.496 e. The Kier molecular flexibility index (Phi) is 10.5. The molecule has 10 heteroatoms. The first kappa shape index (κ1) is 27.7. The Morgan fingerprint density at radius 1 is 0.919 bits per heavy atom. The molecule has 0 spiro atoms. The van der Waals surface area contributed by atoms with Crippen LogP contribution in [-0.4, -0.2) is 30.8 Å². The van der Waals surface area contributed by atoms with Crippen molar-refractivity contribution in [3.05, 3.63) is 75.8 Å². The maximum absolute atomic E-state index is 12.3. The molecule has 0 aromatic heterocycles. The van der Waals surface area contributed by atoms with Crippen molar-refractivity contribution >= 4 is 51.8 Å². The molecule has 1 fully saturated rings. The van der Waals surface area contributed by atoms with Gasteiger partial charge in [0.1, 0.15) is 5.75 Å². The smallest absolute Gasteiger partial charge is 0.250 e. The number of carbonyl (C=O) groups is 2. The van der Waals surface area contributed by atoms with Crippen LogP contribution in [0.25, 0.3) is 12.2 Å². The Balaban J connectivity index is 1.54. The predicted molar refractivity (Wildman–Crippen MR) is 151 cm³/mol. The highest BCUT2D eigenvalue weighted by atomic mass is 79.9. The number of nitrogens with one attached hydrogen (secondary N) is 2. The second kappa shape index (κ2) is 14.0. The number of methoxy groups -OCH3 is 1. The quantitative estimate of drug-likeness (QED) is 0.173. The molecule has 2 aromatic carbocycles. The Morgan fingerprint density at radius 3 is 2.14 bits per heavy atom. The van der Waals surface area contributed by atoms with Crippen LogP contribution in [0.1, 0.15) is 54.7 Å². The van der Waals surface area contributed by atoms with Crippen LogP contribution < -0.4 is 26.8 Å². The van der Waals surface area contributed by atoms with E-state index in [1.165, 1.54) is 49.8 Å². The van der Waals surface area contributed by atoms with Crippen molar-refractivity contribution in [3.8, 4) is 5.75 Å². The summed E-state index contributed by atoms with van der Waals surface area (Å²) >= 11 is 3.38. The van der Waals surface area contributed by atoms with E-state index in [1.54, 1.807) is 31.4 Å². The highest BCUT2D eigenvalue weighted by Gasteiger charge is 2.17. The Labute approximate surface area is 224 Å². The van der Waals surface area contributed by atoms with Crippen molar-refractivity contribution in [2.24, 2.45) is 21.7 Å². The topological polar surface area (TPSA) is 144 Å². The van der Waals surface area contributed by atoms with E-state index in [0.717, 1.165) is 10.0 Å². The molecule has 37 heavy (non-hydrogen) atoms. The number of hydrogen-bond donors (Lipinski definition) is 4. The normalized spacial score (nSPS) is 15.2. The molecule has 2 aromatic rings. The van der Waals surface area contributed by atoms with Gasteiger partial charge in [0.05, 0.1) is 7.11 Å². The van der Waals surface area contributed by atoms with Crippen LogP contribution in [0.4, 0.5) is 0 Å². The average Bonchev–Trinajstić information content (AvgIpc) is 2.90. The average molecular weight is 567 g/mol. The fraction of sp³-hybridized carbons (Fsp3) is 0.259. The number of amides is 2. The van der Waals surface area contributed by atoms with Crippen LogP contribution in [0.15, 0.2) is 69.3 Å². The molecule has 0 bridgehead atoms. The molecule has 1 aliphatic rings. The molecule has 1 aliphatic carbocycles. The van der Waals surface area contributed by atoms with Gasteiger partial charge in [-0.1, -0.05) is 59.5 Å². The highest BCUT2D eigenvalue weighted by molar-refractivity contribution is 9.10. The van der Waals surface area contributed by atoms with Crippen molar-refractivity contribution in [1.82, 2.24) is 10.6 Å². The van der Waals surface area contributed by atoms with E-state index >= 15 is 0 Å². The van der Waals surface area contributed by atoms with Crippen molar-refractivity contribution in [3.63, 3.8) is 0 Å². The lowest BCUT2D eigenvalue weighted by Crippen LogP contribution is -2.37. The van der Waals surface area contributed by atoms with E-state index in [2.05, 4.69) is 42.8 Å². The maximum Gasteiger partial charge on any atom is 0.250 e. The predicted octanol–water partition coefficient (Wildman–Crippen LogP) is 4.01. The van der Waals surface area contributed by atoms with Gasteiger partial charge in [0.2, 0.25) is 11.9 Å². The number of guanidine groups is 2. The number of carbonyl (C=O) groups excluding carboxylic acids is 2. The molecular formula is C27H31BrN6O3. The van der Waals surface area contributed by atoms with Gasteiger partial charge in [-0.25, -0.2) is 0 Å². The van der Waals surface area contributed by atoms with Crippen LogP contribution in [0.3, 0.4) is 0 Å². The lowest BCUT2D eigenvalue weighted by molar-refractivity contribution is -0.116. The number of hydrogen-bond acceptors (Lipinski definition) is 5. The van der Waals surface area contributed by atoms with Crippen LogP contribution in [0, 0.1) is 0 Å². The van der Waals surface area contributed by atoms with E-state index in [-0.39, 0.29) is 11.9 Å². The zero-order valence-electron chi connectivity index (χ0n) is 20.6. The highest BCUT2D eigenvalue weighted by Crippen LogP contribution is 2.34. The van der Waals surface area contributed by atoms with Crippen molar-refractivity contribution < 1.29 is 14.3 Å². The van der Waals surface area contributed by atoms with E-state index in [1.807, 2.05) is 24.3 Å². The van der Waals surface area contributed by atoms with Gasteiger partial charge in [-0.2, -0.15) is 0 Å². The molecular weight excluding hydrogens is 536 g/mol. The zero-order valence-corrected chi connectivity index (χ0v) is 22.2. The first-order valence-electron chi connectivity index (χ1n) is 11.9. The van der Waals surface area contributed by atoms with Crippen LogP contribution in [-0.2, 0) is 9.59 Å². The molecule has 0 aliphatic heterocycles. The molecule has 2 amide bonds. The van der Waals surface area contributed by atoms with Gasteiger partial charge in [-0.05, 0) is 60.2 Å². The number of rotatable bonds is 7. The second-order valence-electron chi connectivity index (χ2n) is 8.47. The zero-order chi connectivity index (χ0) is 26.6. The molecule has 3 rings (SSSR count). The summed E-state index contributed by atoms with van der Waals surface area (Å²) in [5.74, 6) is -0.410. The lowest BCUT2D eigenvalue weighted by atomic mass is 9.82. The molecule has 9 nitrogen and oxygen atoms in total. The summed E-state index contributed by atoms with van der Waals surface area (Å²) in [7, 11) is 1.54. The monoisotopic (exact) mass is 566 g/mol. The summed E-state index contributed by atoms with van der Waals surface area (Å²) in [6.45, 7) is 0. The largest absolute Gasteiger partial charge is 0.496 e. The molecule has 1 saturated carbocycles. The van der Waals surface area contributed by atoms with Crippen molar-refractivity contribution in [2.45, 2.75) is 38.0 Å². The Hall–Kier alpha value is -3.92. The minimum atomic E-state index is -0.527. The van der Waals surface area contributed by atoms with Gasteiger partial charge in [0.15, 0.2) is 0 Å². The summed E-state index contributed by atoms with van der Waals surface area (Å²) in [5.41, 5.74) is 14.4. The van der Waals surface area contributed by atoms with E-state index in [9.17, 15) is 9.59 Å². The van der Waals surface area contributed by atoms with Gasteiger partial charge in [-0.3, -0.25) is 20.2 Å². The SMILES string of the molecule is COc1ccc(Br)cc1C=CC(=O)NC(N)=NN=C(N)NC(=O)C=Cc1ccccc1C1CCCCC1. The third-order valence-corrected chi connectivity index (χ3v) is 6.32. The van der Waals surface area contributed by atoms with Gasteiger partial charge < -0.3 is 16.2 Å². The number of nitrogens with two attached hydrogens (primary N) is 2. The number of benzene rings is 2. The summed E-state index contributed by atoms with van der Waals surface area (Å²) in [4.78, 5) is 24.4. The number of ether oxygens (including phenoxy) is 1. The molecule has 194 valence electrons. The molecule has 0 unspecified atom stereocenters. The van der Waals surface area contributed by atoms with Gasteiger partial charge in [0.25, 0.3) is 11.8 Å². The van der Waals surface area contributed by atoms with Gasteiger partial charge in [0, 0.05) is 22.2 Å². The summed E-state index contributed by atoms with van der Waals surface area (Å²) in [6, 6.07) is 13.5. The van der Waals surface area contributed by atoms with E-state index < -0.39 is 11.8 Å². The van der Waals surface area contributed by atoms with E-state index in [4.69, 9.17) is 16.2 Å². The Morgan fingerprint density at radius 2 is 1.51 bits per heavy atom. The Bertz CT molecular complexity index is 1230. The first-order valence-corrected chi connectivity index (χ1v) is 12.7. The van der Waals surface area contributed by atoms with Crippen LogP contribution in [0.5, 0.6) is 5.75 Å². The van der Waals surface area contributed by atoms with E-state index in [0.29, 0.717) is 17.2 Å². The fourth-order valence-corrected chi connectivity index (χ4v) is 4.49. The summed E-state index contributed by atoms with van der Waals surface area (Å²) < 4.78 is 6.10. The van der Waals surface area contributed by atoms with Gasteiger partial charge >= 0.3 is 0 Å². The standard InChI is InChI=1S/C27H31BrN6O3/c1-37-23-14-13-21(28)17-20(23)12-16-25(36)32-27(30)34-33-26(29)31-24(35)15-11-19-9-5-6-10-22(19)18-7-3-2-4-8-18/h5-6,9-18H,2-4,7-8H2,1H3,(H3,29,31,33,35)(H3,30,32,34,36). The maximum atomic E-state index is 12.3.